The topological polar surface area (TPSA) is 29.5 Å². The van der Waals surface area contributed by atoms with Crippen molar-refractivity contribution in [3.05, 3.63) is 57.9 Å². The fourth-order valence-electron chi connectivity index (χ4n) is 1.95. The largest absolute Gasteiger partial charge is 0.453 e. The Bertz CT molecular complexity index is 588. The first kappa shape index (κ1) is 13.8. The molecule has 2 aromatic rings. The van der Waals surface area contributed by atoms with Gasteiger partial charge in [-0.2, -0.15) is 0 Å². The fourth-order valence-corrected chi connectivity index (χ4v) is 2.28. The van der Waals surface area contributed by atoms with Crippen LogP contribution in [-0.2, 0) is 6.61 Å². The summed E-state index contributed by atoms with van der Waals surface area (Å²) in [6, 6.07) is 7.97. The maximum atomic E-state index is 13.8. The summed E-state index contributed by atoms with van der Waals surface area (Å²) >= 11 is 5.95. The summed E-state index contributed by atoms with van der Waals surface area (Å²) in [6.45, 7) is 3.40. The molecule has 0 unspecified atom stereocenters. The lowest BCUT2D eigenvalue weighted by Crippen LogP contribution is -1.98. The third kappa shape index (κ3) is 2.88. The van der Waals surface area contributed by atoms with E-state index in [0.29, 0.717) is 16.3 Å². The molecule has 0 bridgehead atoms. The van der Waals surface area contributed by atoms with E-state index in [1.165, 1.54) is 12.1 Å². The normalized spacial score (nSPS) is 10.6. The number of aryl methyl sites for hydroxylation is 2. The van der Waals surface area contributed by atoms with E-state index < -0.39 is 5.82 Å². The monoisotopic (exact) mass is 280 g/mol. The van der Waals surface area contributed by atoms with Gasteiger partial charge in [-0.05, 0) is 43.2 Å². The number of hydrogen-bond donors (Lipinski definition) is 1. The van der Waals surface area contributed by atoms with Gasteiger partial charge >= 0.3 is 0 Å². The van der Waals surface area contributed by atoms with E-state index in [2.05, 4.69) is 0 Å². The van der Waals surface area contributed by atoms with Crippen molar-refractivity contribution in [3.8, 4) is 11.5 Å². The molecule has 0 aliphatic rings. The molecule has 0 saturated heterocycles. The quantitative estimate of drug-likeness (QED) is 0.904. The van der Waals surface area contributed by atoms with Crippen LogP contribution in [0.3, 0.4) is 0 Å². The summed E-state index contributed by atoms with van der Waals surface area (Å²) in [5.41, 5.74) is 2.04. The summed E-state index contributed by atoms with van der Waals surface area (Å²) < 4.78 is 19.5. The second kappa shape index (κ2) is 5.59. The van der Waals surface area contributed by atoms with Crippen LogP contribution in [0.25, 0.3) is 0 Å². The average Bonchev–Trinajstić information content (AvgIpc) is 2.34. The molecule has 2 nitrogen and oxygen atoms in total. The lowest BCUT2D eigenvalue weighted by Gasteiger charge is -2.15. The van der Waals surface area contributed by atoms with E-state index >= 15 is 0 Å². The van der Waals surface area contributed by atoms with Crippen molar-refractivity contribution in [2.24, 2.45) is 0 Å². The number of rotatable bonds is 3. The minimum absolute atomic E-state index is 0.0542. The molecule has 0 radical (unpaired) electrons. The van der Waals surface area contributed by atoms with E-state index in [-0.39, 0.29) is 12.4 Å². The molecule has 0 amide bonds. The number of halogens is 2. The molecule has 0 fully saturated rings. The van der Waals surface area contributed by atoms with Gasteiger partial charge in [0.25, 0.3) is 0 Å². The first-order chi connectivity index (χ1) is 9.02. The lowest BCUT2D eigenvalue weighted by atomic mass is 10.1. The van der Waals surface area contributed by atoms with Crippen LogP contribution in [0.5, 0.6) is 11.5 Å². The van der Waals surface area contributed by atoms with Crippen LogP contribution in [0.15, 0.2) is 30.3 Å². The Morgan fingerprint density at radius 2 is 1.79 bits per heavy atom. The molecule has 2 rings (SSSR count). The van der Waals surface area contributed by atoms with Gasteiger partial charge in [-0.15, -0.1) is 0 Å². The Hall–Kier alpha value is -1.58. The molecular formula is C15H14ClFO2. The van der Waals surface area contributed by atoms with Crippen LogP contribution in [0.1, 0.15) is 16.7 Å². The molecule has 0 aliphatic carbocycles. The van der Waals surface area contributed by atoms with Gasteiger partial charge in [0.1, 0.15) is 5.75 Å². The Morgan fingerprint density at radius 3 is 2.37 bits per heavy atom. The second-order valence-electron chi connectivity index (χ2n) is 4.36. The average molecular weight is 281 g/mol. The zero-order chi connectivity index (χ0) is 14.0. The van der Waals surface area contributed by atoms with Gasteiger partial charge in [-0.1, -0.05) is 23.7 Å². The van der Waals surface area contributed by atoms with E-state index in [1.807, 2.05) is 13.8 Å². The molecule has 0 aliphatic heterocycles. The molecule has 4 heteroatoms. The summed E-state index contributed by atoms with van der Waals surface area (Å²) in [6.07, 6.45) is 0. The second-order valence-corrected chi connectivity index (χ2v) is 4.79. The summed E-state index contributed by atoms with van der Waals surface area (Å²) in [4.78, 5) is 0. The van der Waals surface area contributed by atoms with E-state index in [0.717, 1.165) is 11.1 Å². The third-order valence-electron chi connectivity index (χ3n) is 2.85. The highest BCUT2D eigenvalue weighted by molar-refractivity contribution is 6.30. The van der Waals surface area contributed by atoms with Crippen LogP contribution < -0.4 is 4.74 Å². The number of aliphatic hydroxyl groups is 1. The minimum atomic E-state index is -0.500. The summed E-state index contributed by atoms with van der Waals surface area (Å²) in [7, 11) is 0. The number of aliphatic hydroxyl groups excluding tert-OH is 1. The van der Waals surface area contributed by atoms with Crippen LogP contribution in [0, 0.1) is 19.7 Å². The number of hydrogen-bond acceptors (Lipinski definition) is 2. The van der Waals surface area contributed by atoms with Crippen molar-refractivity contribution in [2.75, 3.05) is 0 Å². The van der Waals surface area contributed by atoms with Gasteiger partial charge in [-0.3, -0.25) is 0 Å². The smallest absolute Gasteiger partial charge is 0.168 e. The molecule has 1 N–H and O–H groups in total. The summed E-state index contributed by atoms with van der Waals surface area (Å²) in [5, 5.41) is 9.85. The molecule has 0 atom stereocenters. The summed E-state index contributed by atoms with van der Waals surface area (Å²) in [5.74, 6) is 0.114. The first-order valence-electron chi connectivity index (χ1n) is 5.85. The van der Waals surface area contributed by atoms with Crippen molar-refractivity contribution in [3.63, 3.8) is 0 Å². The molecular weight excluding hydrogens is 267 g/mol. The fraction of sp³-hybridized carbons (Fsp3) is 0.200. The van der Waals surface area contributed by atoms with Crippen molar-refractivity contribution in [1.29, 1.82) is 0 Å². The molecule has 0 spiro atoms. The molecule has 2 aromatic carbocycles. The lowest BCUT2D eigenvalue weighted by molar-refractivity contribution is 0.274. The van der Waals surface area contributed by atoms with Crippen molar-refractivity contribution in [2.45, 2.75) is 20.5 Å². The number of ether oxygens (including phenoxy) is 1. The van der Waals surface area contributed by atoms with Crippen molar-refractivity contribution >= 4 is 11.6 Å². The predicted octanol–water partition coefficient (Wildman–Crippen LogP) is 4.38. The van der Waals surface area contributed by atoms with E-state index in [1.54, 1.807) is 18.2 Å². The van der Waals surface area contributed by atoms with Gasteiger partial charge in [0.05, 0.1) is 6.61 Å². The number of para-hydroxylation sites is 1. The minimum Gasteiger partial charge on any atom is -0.453 e. The molecule has 0 aromatic heterocycles. The van der Waals surface area contributed by atoms with E-state index in [9.17, 15) is 9.50 Å². The van der Waals surface area contributed by atoms with E-state index in [4.69, 9.17) is 16.3 Å². The highest BCUT2D eigenvalue weighted by Crippen LogP contribution is 2.34. The van der Waals surface area contributed by atoms with Gasteiger partial charge < -0.3 is 9.84 Å². The molecule has 19 heavy (non-hydrogen) atoms. The van der Waals surface area contributed by atoms with Gasteiger partial charge in [0.15, 0.2) is 11.6 Å². The van der Waals surface area contributed by atoms with Crippen molar-refractivity contribution in [1.82, 2.24) is 0 Å². The Kier molecular flexibility index (Phi) is 4.08. The van der Waals surface area contributed by atoms with Gasteiger partial charge in [0.2, 0.25) is 0 Å². The zero-order valence-electron chi connectivity index (χ0n) is 10.7. The Balaban J connectivity index is 2.48. The van der Waals surface area contributed by atoms with Crippen LogP contribution >= 0.6 is 11.6 Å². The third-order valence-corrected chi connectivity index (χ3v) is 3.07. The van der Waals surface area contributed by atoms with Gasteiger partial charge in [-0.25, -0.2) is 4.39 Å². The molecule has 100 valence electrons. The van der Waals surface area contributed by atoms with Crippen LogP contribution in [0.2, 0.25) is 5.02 Å². The van der Waals surface area contributed by atoms with Gasteiger partial charge in [0, 0.05) is 10.6 Å². The standard InChI is InChI=1S/C15H14ClFO2/c1-9-6-12(16)7-10(2)14(9)19-15-11(8-18)4-3-5-13(15)17/h3-7,18H,8H2,1-2H3. The zero-order valence-corrected chi connectivity index (χ0v) is 11.5. The first-order valence-corrected chi connectivity index (χ1v) is 6.23. The Morgan fingerprint density at radius 1 is 1.16 bits per heavy atom. The number of benzene rings is 2. The highest BCUT2D eigenvalue weighted by atomic mass is 35.5. The highest BCUT2D eigenvalue weighted by Gasteiger charge is 2.13. The maximum Gasteiger partial charge on any atom is 0.168 e. The molecule has 0 heterocycles. The SMILES string of the molecule is Cc1cc(Cl)cc(C)c1Oc1c(F)cccc1CO. The van der Waals surface area contributed by atoms with Crippen LogP contribution in [0.4, 0.5) is 4.39 Å². The van der Waals surface area contributed by atoms with Crippen LogP contribution in [-0.4, -0.2) is 5.11 Å². The Labute approximate surface area is 116 Å². The molecule has 0 saturated carbocycles. The maximum absolute atomic E-state index is 13.8. The predicted molar refractivity (Wildman–Crippen MR) is 73.3 cm³/mol. The van der Waals surface area contributed by atoms with Crippen molar-refractivity contribution < 1.29 is 14.2 Å².